The molecule has 1 heterocycles. The van der Waals surface area contributed by atoms with Crippen molar-refractivity contribution in [2.75, 3.05) is 18.5 Å². The standard InChI is InChI=1S/C12H20N2OS/c1-3-13-12-6-4-5-11(14-12)9-16-10(2)7-8-15/h4-6,10,15H,3,7-9H2,1-2H3,(H,13,14). The zero-order chi connectivity index (χ0) is 11.8. The van der Waals surface area contributed by atoms with Gasteiger partial charge in [-0.25, -0.2) is 4.98 Å². The summed E-state index contributed by atoms with van der Waals surface area (Å²) in [6.45, 7) is 5.35. The van der Waals surface area contributed by atoms with Gasteiger partial charge in [0, 0.05) is 24.2 Å². The van der Waals surface area contributed by atoms with Crippen molar-refractivity contribution in [3.8, 4) is 0 Å². The number of aliphatic hydroxyl groups is 1. The topological polar surface area (TPSA) is 45.1 Å². The summed E-state index contributed by atoms with van der Waals surface area (Å²) >= 11 is 1.83. The third kappa shape index (κ3) is 4.86. The molecule has 1 atom stereocenters. The van der Waals surface area contributed by atoms with Crippen LogP contribution in [0.3, 0.4) is 0 Å². The molecule has 0 saturated heterocycles. The monoisotopic (exact) mass is 240 g/mol. The zero-order valence-corrected chi connectivity index (χ0v) is 10.8. The van der Waals surface area contributed by atoms with Crippen molar-refractivity contribution in [1.82, 2.24) is 4.98 Å². The molecule has 4 heteroatoms. The number of thioether (sulfide) groups is 1. The van der Waals surface area contributed by atoms with Gasteiger partial charge in [-0.1, -0.05) is 13.0 Å². The molecule has 0 aliphatic heterocycles. The van der Waals surface area contributed by atoms with E-state index in [0.717, 1.165) is 30.2 Å². The number of rotatable bonds is 7. The second kappa shape index (κ2) is 7.52. The molecule has 0 amide bonds. The summed E-state index contributed by atoms with van der Waals surface area (Å²) in [5.41, 5.74) is 1.09. The number of hydrogen-bond donors (Lipinski definition) is 2. The summed E-state index contributed by atoms with van der Waals surface area (Å²) in [5.74, 6) is 1.84. The molecule has 0 aliphatic carbocycles. The second-order valence-electron chi connectivity index (χ2n) is 3.68. The number of anilines is 1. The molecule has 2 N–H and O–H groups in total. The Morgan fingerprint density at radius 1 is 1.50 bits per heavy atom. The van der Waals surface area contributed by atoms with Gasteiger partial charge in [0.2, 0.25) is 0 Å². The predicted octanol–water partition coefficient (Wildman–Crippen LogP) is 2.52. The molecule has 3 nitrogen and oxygen atoms in total. The van der Waals surface area contributed by atoms with Crippen LogP contribution in [0.4, 0.5) is 5.82 Å². The Morgan fingerprint density at radius 3 is 3.00 bits per heavy atom. The van der Waals surface area contributed by atoms with Crippen LogP contribution in [0, 0.1) is 0 Å². The van der Waals surface area contributed by atoms with Crippen LogP contribution in [0.2, 0.25) is 0 Å². The lowest BCUT2D eigenvalue weighted by molar-refractivity contribution is 0.289. The molecular weight excluding hydrogens is 220 g/mol. The number of aliphatic hydroxyl groups excluding tert-OH is 1. The third-order valence-corrected chi connectivity index (χ3v) is 3.48. The molecule has 16 heavy (non-hydrogen) atoms. The van der Waals surface area contributed by atoms with Crippen LogP contribution in [-0.2, 0) is 5.75 Å². The van der Waals surface area contributed by atoms with Gasteiger partial charge >= 0.3 is 0 Å². The fourth-order valence-electron chi connectivity index (χ4n) is 1.33. The minimum absolute atomic E-state index is 0.263. The molecule has 0 radical (unpaired) electrons. The molecule has 1 aromatic heterocycles. The van der Waals surface area contributed by atoms with E-state index in [0.29, 0.717) is 5.25 Å². The highest BCUT2D eigenvalue weighted by Crippen LogP contribution is 2.19. The van der Waals surface area contributed by atoms with Crippen molar-refractivity contribution in [1.29, 1.82) is 0 Å². The highest BCUT2D eigenvalue weighted by molar-refractivity contribution is 7.99. The first-order chi connectivity index (χ1) is 7.76. The van der Waals surface area contributed by atoms with Crippen molar-refractivity contribution in [3.63, 3.8) is 0 Å². The van der Waals surface area contributed by atoms with E-state index in [9.17, 15) is 0 Å². The number of aromatic nitrogens is 1. The smallest absolute Gasteiger partial charge is 0.126 e. The predicted molar refractivity (Wildman–Crippen MR) is 70.9 cm³/mol. The first kappa shape index (κ1) is 13.3. The van der Waals surface area contributed by atoms with Crippen LogP contribution in [-0.4, -0.2) is 28.5 Å². The van der Waals surface area contributed by atoms with Crippen LogP contribution in [0.15, 0.2) is 18.2 Å². The van der Waals surface area contributed by atoms with Crippen LogP contribution in [0.1, 0.15) is 26.0 Å². The summed E-state index contributed by atoms with van der Waals surface area (Å²) in [7, 11) is 0. The number of nitrogens with zero attached hydrogens (tertiary/aromatic N) is 1. The SMILES string of the molecule is CCNc1cccc(CSC(C)CCO)n1. The van der Waals surface area contributed by atoms with Gasteiger partial charge in [0.15, 0.2) is 0 Å². The average Bonchev–Trinajstić information content (AvgIpc) is 2.28. The first-order valence-electron chi connectivity index (χ1n) is 5.68. The van der Waals surface area contributed by atoms with E-state index < -0.39 is 0 Å². The molecule has 0 aromatic carbocycles. The van der Waals surface area contributed by atoms with E-state index in [-0.39, 0.29) is 6.61 Å². The molecular formula is C12H20N2OS. The van der Waals surface area contributed by atoms with Crippen LogP contribution in [0.5, 0.6) is 0 Å². The van der Waals surface area contributed by atoms with Gasteiger partial charge in [-0.2, -0.15) is 11.8 Å². The number of nitrogens with one attached hydrogen (secondary N) is 1. The van der Waals surface area contributed by atoms with E-state index in [2.05, 4.69) is 24.1 Å². The fourth-order valence-corrected chi connectivity index (χ4v) is 2.22. The zero-order valence-electron chi connectivity index (χ0n) is 9.94. The Kier molecular flexibility index (Phi) is 6.26. The molecule has 1 aromatic rings. The maximum absolute atomic E-state index is 8.81. The Bertz CT molecular complexity index is 307. The van der Waals surface area contributed by atoms with E-state index in [4.69, 9.17) is 5.11 Å². The van der Waals surface area contributed by atoms with Gasteiger partial charge in [-0.05, 0) is 25.5 Å². The quantitative estimate of drug-likeness (QED) is 0.768. The average molecular weight is 240 g/mol. The van der Waals surface area contributed by atoms with E-state index in [1.165, 1.54) is 0 Å². The molecule has 0 aliphatic rings. The lowest BCUT2D eigenvalue weighted by Gasteiger charge is -2.09. The number of hydrogen-bond acceptors (Lipinski definition) is 4. The summed E-state index contributed by atoms with van der Waals surface area (Å²) in [6, 6.07) is 6.05. The minimum Gasteiger partial charge on any atom is -0.396 e. The van der Waals surface area contributed by atoms with Crippen molar-refractivity contribution < 1.29 is 5.11 Å². The lowest BCUT2D eigenvalue weighted by Crippen LogP contribution is -2.03. The highest BCUT2D eigenvalue weighted by Gasteiger charge is 2.03. The van der Waals surface area contributed by atoms with Gasteiger partial charge in [-0.3, -0.25) is 0 Å². The summed E-state index contributed by atoms with van der Waals surface area (Å²) in [4.78, 5) is 4.50. The third-order valence-electron chi connectivity index (χ3n) is 2.22. The molecule has 0 spiro atoms. The van der Waals surface area contributed by atoms with Crippen LogP contribution in [0.25, 0.3) is 0 Å². The summed E-state index contributed by atoms with van der Waals surface area (Å²) in [5, 5.41) is 12.5. The molecule has 0 saturated carbocycles. The van der Waals surface area contributed by atoms with Gasteiger partial charge in [0.05, 0.1) is 5.69 Å². The second-order valence-corrected chi connectivity index (χ2v) is 5.11. The Labute approximate surface area is 102 Å². The Hall–Kier alpha value is -0.740. The normalized spacial score (nSPS) is 12.4. The van der Waals surface area contributed by atoms with Gasteiger partial charge < -0.3 is 10.4 Å². The lowest BCUT2D eigenvalue weighted by atomic mass is 10.3. The van der Waals surface area contributed by atoms with E-state index >= 15 is 0 Å². The summed E-state index contributed by atoms with van der Waals surface area (Å²) < 4.78 is 0. The van der Waals surface area contributed by atoms with Gasteiger partial charge in [-0.15, -0.1) is 0 Å². The molecule has 1 unspecified atom stereocenters. The molecule has 90 valence electrons. The maximum atomic E-state index is 8.81. The molecule has 0 fully saturated rings. The fraction of sp³-hybridized carbons (Fsp3) is 0.583. The van der Waals surface area contributed by atoms with Crippen molar-refractivity contribution >= 4 is 17.6 Å². The van der Waals surface area contributed by atoms with Crippen molar-refractivity contribution in [3.05, 3.63) is 23.9 Å². The van der Waals surface area contributed by atoms with Crippen molar-refractivity contribution in [2.24, 2.45) is 0 Å². The largest absolute Gasteiger partial charge is 0.396 e. The minimum atomic E-state index is 0.263. The summed E-state index contributed by atoms with van der Waals surface area (Å²) in [6.07, 6.45) is 0.845. The Morgan fingerprint density at radius 2 is 2.31 bits per heavy atom. The van der Waals surface area contributed by atoms with E-state index in [1.807, 2.05) is 30.0 Å². The number of pyridine rings is 1. The maximum Gasteiger partial charge on any atom is 0.126 e. The Balaban J connectivity index is 2.44. The molecule has 1 rings (SSSR count). The van der Waals surface area contributed by atoms with Crippen LogP contribution < -0.4 is 5.32 Å². The van der Waals surface area contributed by atoms with Crippen LogP contribution >= 0.6 is 11.8 Å². The highest BCUT2D eigenvalue weighted by atomic mass is 32.2. The van der Waals surface area contributed by atoms with Crippen molar-refractivity contribution in [2.45, 2.75) is 31.3 Å². The molecule has 0 bridgehead atoms. The first-order valence-corrected chi connectivity index (χ1v) is 6.73. The van der Waals surface area contributed by atoms with E-state index in [1.54, 1.807) is 0 Å². The van der Waals surface area contributed by atoms with Gasteiger partial charge in [0.1, 0.15) is 5.82 Å². The van der Waals surface area contributed by atoms with Gasteiger partial charge in [0.25, 0.3) is 0 Å².